The van der Waals surface area contributed by atoms with E-state index >= 15 is 0 Å². The van der Waals surface area contributed by atoms with Crippen LogP contribution < -0.4 is 9.47 Å². The van der Waals surface area contributed by atoms with Gasteiger partial charge in [-0.15, -0.1) is 0 Å². The van der Waals surface area contributed by atoms with Crippen molar-refractivity contribution in [3.05, 3.63) is 59.9 Å². The minimum atomic E-state index is -0.0904. The first-order chi connectivity index (χ1) is 12.7. The fourth-order valence-corrected chi connectivity index (χ4v) is 3.10. The van der Waals surface area contributed by atoms with Crippen LogP contribution in [0.15, 0.2) is 52.9 Å². The number of ether oxygens (including phenoxy) is 2. The minimum Gasteiger partial charge on any atom is -0.454 e. The first kappa shape index (κ1) is 16.5. The number of carbonyl (C=O) groups is 1. The summed E-state index contributed by atoms with van der Waals surface area (Å²) in [5.74, 6) is 1.77. The SMILES string of the molecule is CCCCN(Cc1ccc2c(c1)OCO2)C(=O)c1cc2ccccc2o1. The van der Waals surface area contributed by atoms with Crippen molar-refractivity contribution in [1.29, 1.82) is 0 Å². The van der Waals surface area contributed by atoms with Gasteiger partial charge in [-0.3, -0.25) is 4.79 Å². The molecule has 2 heterocycles. The van der Waals surface area contributed by atoms with Crippen molar-refractivity contribution in [2.24, 2.45) is 0 Å². The molecule has 5 heteroatoms. The van der Waals surface area contributed by atoms with E-state index in [2.05, 4.69) is 6.92 Å². The van der Waals surface area contributed by atoms with E-state index in [4.69, 9.17) is 13.9 Å². The van der Waals surface area contributed by atoms with E-state index in [9.17, 15) is 4.79 Å². The zero-order valence-electron chi connectivity index (χ0n) is 14.7. The molecule has 1 aliphatic heterocycles. The summed E-state index contributed by atoms with van der Waals surface area (Å²) in [6.07, 6.45) is 1.96. The van der Waals surface area contributed by atoms with Crippen LogP contribution in [0.5, 0.6) is 11.5 Å². The summed E-state index contributed by atoms with van der Waals surface area (Å²) >= 11 is 0. The van der Waals surface area contributed by atoms with Crippen molar-refractivity contribution >= 4 is 16.9 Å². The summed E-state index contributed by atoms with van der Waals surface area (Å²) in [6.45, 7) is 3.55. The molecule has 0 bridgehead atoms. The highest BCUT2D eigenvalue weighted by Gasteiger charge is 2.21. The van der Waals surface area contributed by atoms with Gasteiger partial charge < -0.3 is 18.8 Å². The van der Waals surface area contributed by atoms with Crippen molar-refractivity contribution in [3.63, 3.8) is 0 Å². The lowest BCUT2D eigenvalue weighted by Crippen LogP contribution is -2.31. The number of para-hydroxylation sites is 1. The number of furan rings is 1. The Hall–Kier alpha value is -2.95. The largest absolute Gasteiger partial charge is 0.454 e. The summed E-state index contributed by atoms with van der Waals surface area (Å²) in [5, 5.41) is 0.939. The lowest BCUT2D eigenvalue weighted by Gasteiger charge is -2.21. The summed E-state index contributed by atoms with van der Waals surface area (Å²) in [5.41, 5.74) is 1.74. The van der Waals surface area contributed by atoms with Crippen LogP contribution in [-0.4, -0.2) is 24.1 Å². The smallest absolute Gasteiger partial charge is 0.289 e. The standard InChI is InChI=1S/C21H21NO4/c1-2-3-10-22(13-15-8-9-18-19(11-15)25-14-24-18)21(23)20-12-16-6-4-5-7-17(16)26-20/h4-9,11-12H,2-3,10,13-14H2,1H3. The molecule has 0 saturated heterocycles. The molecule has 0 saturated carbocycles. The van der Waals surface area contributed by atoms with Crippen molar-refractivity contribution < 1.29 is 18.7 Å². The van der Waals surface area contributed by atoms with Crippen LogP contribution in [0.4, 0.5) is 0 Å². The van der Waals surface area contributed by atoms with Crippen LogP contribution in [0.1, 0.15) is 35.9 Å². The number of hydrogen-bond acceptors (Lipinski definition) is 4. The van der Waals surface area contributed by atoms with Crippen molar-refractivity contribution in [1.82, 2.24) is 4.90 Å². The molecule has 0 unspecified atom stereocenters. The minimum absolute atomic E-state index is 0.0904. The predicted molar refractivity (Wildman–Crippen MR) is 98.4 cm³/mol. The van der Waals surface area contributed by atoms with Gasteiger partial charge in [-0.05, 0) is 36.2 Å². The number of fused-ring (bicyclic) bond motifs is 2. The average Bonchev–Trinajstić information content (AvgIpc) is 3.30. The number of carbonyl (C=O) groups excluding carboxylic acids is 1. The van der Waals surface area contributed by atoms with Crippen LogP contribution in [-0.2, 0) is 6.54 Å². The topological polar surface area (TPSA) is 51.9 Å². The number of rotatable bonds is 6. The van der Waals surface area contributed by atoms with Crippen LogP contribution in [0.25, 0.3) is 11.0 Å². The maximum Gasteiger partial charge on any atom is 0.289 e. The quantitative estimate of drug-likeness (QED) is 0.651. The van der Waals surface area contributed by atoms with Gasteiger partial charge in [0.25, 0.3) is 5.91 Å². The molecule has 2 aromatic carbocycles. The Labute approximate surface area is 152 Å². The van der Waals surface area contributed by atoms with E-state index in [1.807, 2.05) is 53.4 Å². The van der Waals surface area contributed by atoms with Crippen LogP contribution in [0, 0.1) is 0 Å². The molecule has 26 heavy (non-hydrogen) atoms. The van der Waals surface area contributed by atoms with E-state index < -0.39 is 0 Å². The molecule has 1 aromatic heterocycles. The predicted octanol–water partition coefficient (Wildman–Crippen LogP) is 4.60. The van der Waals surface area contributed by atoms with E-state index in [-0.39, 0.29) is 12.7 Å². The molecule has 0 spiro atoms. The Morgan fingerprint density at radius 1 is 1.08 bits per heavy atom. The second kappa shape index (κ2) is 7.12. The van der Waals surface area contributed by atoms with Crippen LogP contribution in [0.3, 0.4) is 0 Å². The molecule has 0 N–H and O–H groups in total. The molecule has 4 rings (SSSR count). The lowest BCUT2D eigenvalue weighted by atomic mass is 10.1. The number of hydrogen-bond donors (Lipinski definition) is 0. The molecule has 5 nitrogen and oxygen atoms in total. The Morgan fingerprint density at radius 3 is 2.77 bits per heavy atom. The number of unbranched alkanes of at least 4 members (excludes halogenated alkanes) is 1. The van der Waals surface area contributed by atoms with Gasteiger partial charge in [0.15, 0.2) is 17.3 Å². The molecule has 1 aliphatic rings. The molecular formula is C21H21NO4. The first-order valence-electron chi connectivity index (χ1n) is 8.91. The van der Waals surface area contributed by atoms with Gasteiger partial charge in [-0.2, -0.15) is 0 Å². The van der Waals surface area contributed by atoms with Gasteiger partial charge in [0.05, 0.1) is 0 Å². The van der Waals surface area contributed by atoms with E-state index in [0.29, 0.717) is 18.8 Å². The summed E-state index contributed by atoms with van der Waals surface area (Å²) in [6, 6.07) is 15.3. The third-order valence-electron chi connectivity index (χ3n) is 4.52. The van der Waals surface area contributed by atoms with Crippen LogP contribution in [0.2, 0.25) is 0 Å². The highest BCUT2D eigenvalue weighted by Crippen LogP contribution is 2.33. The third-order valence-corrected chi connectivity index (χ3v) is 4.52. The van der Waals surface area contributed by atoms with Crippen molar-refractivity contribution in [3.8, 4) is 11.5 Å². The summed E-state index contributed by atoms with van der Waals surface area (Å²) in [4.78, 5) is 14.9. The van der Waals surface area contributed by atoms with E-state index in [0.717, 1.165) is 40.9 Å². The molecule has 0 atom stereocenters. The zero-order chi connectivity index (χ0) is 17.9. The Bertz CT molecular complexity index is 898. The Balaban J connectivity index is 1.58. The van der Waals surface area contributed by atoms with E-state index in [1.54, 1.807) is 0 Å². The highest BCUT2D eigenvalue weighted by atomic mass is 16.7. The molecule has 0 fully saturated rings. The van der Waals surface area contributed by atoms with Gasteiger partial charge in [-0.1, -0.05) is 37.6 Å². The summed E-state index contributed by atoms with van der Waals surface area (Å²) < 4.78 is 16.6. The van der Waals surface area contributed by atoms with E-state index in [1.165, 1.54) is 0 Å². The first-order valence-corrected chi connectivity index (χ1v) is 8.91. The molecule has 134 valence electrons. The molecule has 3 aromatic rings. The van der Waals surface area contributed by atoms with Crippen molar-refractivity contribution in [2.75, 3.05) is 13.3 Å². The Kier molecular flexibility index (Phi) is 4.52. The molecule has 0 radical (unpaired) electrons. The highest BCUT2D eigenvalue weighted by molar-refractivity contribution is 5.96. The maximum atomic E-state index is 13.0. The average molecular weight is 351 g/mol. The zero-order valence-corrected chi connectivity index (χ0v) is 14.7. The second-order valence-corrected chi connectivity index (χ2v) is 6.42. The molecule has 0 aliphatic carbocycles. The van der Waals surface area contributed by atoms with Crippen molar-refractivity contribution in [2.45, 2.75) is 26.3 Å². The van der Waals surface area contributed by atoms with Gasteiger partial charge in [0.1, 0.15) is 5.58 Å². The summed E-state index contributed by atoms with van der Waals surface area (Å²) in [7, 11) is 0. The van der Waals surface area contributed by atoms with Gasteiger partial charge in [-0.25, -0.2) is 0 Å². The lowest BCUT2D eigenvalue weighted by molar-refractivity contribution is 0.0711. The second-order valence-electron chi connectivity index (χ2n) is 6.42. The fourth-order valence-electron chi connectivity index (χ4n) is 3.10. The fraction of sp³-hybridized carbons (Fsp3) is 0.286. The van der Waals surface area contributed by atoms with Crippen LogP contribution >= 0.6 is 0 Å². The number of benzene rings is 2. The van der Waals surface area contributed by atoms with Gasteiger partial charge >= 0.3 is 0 Å². The van der Waals surface area contributed by atoms with Gasteiger partial charge in [0, 0.05) is 18.5 Å². The molecular weight excluding hydrogens is 330 g/mol. The number of amides is 1. The maximum absolute atomic E-state index is 13.0. The third kappa shape index (κ3) is 3.25. The van der Waals surface area contributed by atoms with Gasteiger partial charge in [0.2, 0.25) is 6.79 Å². The number of nitrogens with zero attached hydrogens (tertiary/aromatic N) is 1. The molecule has 1 amide bonds. The normalized spacial score (nSPS) is 12.5. The Morgan fingerprint density at radius 2 is 1.92 bits per heavy atom. The monoisotopic (exact) mass is 351 g/mol.